The second-order valence-corrected chi connectivity index (χ2v) is 8.12. The number of para-hydroxylation sites is 2. The largest absolute Gasteiger partial charge is 0.291 e. The van der Waals surface area contributed by atoms with E-state index in [0.29, 0.717) is 0 Å². The number of nitro benzene ring substituents is 1. The lowest BCUT2D eigenvalue weighted by molar-refractivity contribution is -0.385. The van der Waals surface area contributed by atoms with E-state index in [9.17, 15) is 14.9 Å². The molecule has 8 heteroatoms. The van der Waals surface area contributed by atoms with Crippen LogP contribution in [0.3, 0.4) is 0 Å². The summed E-state index contributed by atoms with van der Waals surface area (Å²) in [5, 5.41) is 19.6. The molecule has 0 aliphatic heterocycles. The van der Waals surface area contributed by atoms with Crippen molar-refractivity contribution in [2.24, 2.45) is 5.10 Å². The van der Waals surface area contributed by atoms with E-state index in [-0.39, 0.29) is 16.9 Å². The monoisotopic (exact) mass is 487 g/mol. The van der Waals surface area contributed by atoms with Crippen LogP contribution in [0.2, 0.25) is 0 Å². The average molecular weight is 488 g/mol. The summed E-state index contributed by atoms with van der Waals surface area (Å²) >= 11 is 0. The Morgan fingerprint density at radius 2 is 1.41 bits per heavy atom. The predicted octanol–water partition coefficient (Wildman–Crippen LogP) is 5.88. The number of hydrogen-bond acceptors (Lipinski definition) is 5. The van der Waals surface area contributed by atoms with Crippen LogP contribution in [0.4, 0.5) is 5.69 Å². The maximum Gasteiger partial charge on any atom is 0.291 e. The molecule has 1 N–H and O–H groups in total. The first-order valence-electron chi connectivity index (χ1n) is 11.5. The molecule has 1 aromatic heterocycles. The van der Waals surface area contributed by atoms with Gasteiger partial charge in [-0.05, 0) is 35.4 Å². The van der Waals surface area contributed by atoms with E-state index in [4.69, 9.17) is 0 Å². The van der Waals surface area contributed by atoms with E-state index in [0.717, 1.165) is 28.1 Å². The Morgan fingerprint density at radius 1 is 0.811 bits per heavy atom. The molecular weight excluding hydrogens is 466 g/mol. The standard InChI is InChI=1S/C29H21N5O3/c35-29(31-30-20-24-11-7-8-14-27(24)34(36)37)26-19-28(33(32-26)25-12-5-2-6-13-25)23-17-15-22(16-18-23)21-9-3-1-4-10-21/h1-20H,(H,31,35)/b30-20-. The van der Waals surface area contributed by atoms with Crippen LogP contribution in [-0.4, -0.2) is 26.8 Å². The summed E-state index contributed by atoms with van der Waals surface area (Å²) in [4.78, 5) is 23.6. The molecular formula is C29H21N5O3. The van der Waals surface area contributed by atoms with E-state index < -0.39 is 10.8 Å². The number of rotatable bonds is 7. The smallest absolute Gasteiger partial charge is 0.265 e. The molecule has 1 amide bonds. The van der Waals surface area contributed by atoms with Crippen LogP contribution in [0.1, 0.15) is 16.1 Å². The van der Waals surface area contributed by atoms with Crippen LogP contribution in [0, 0.1) is 10.1 Å². The molecule has 5 aromatic rings. The second-order valence-electron chi connectivity index (χ2n) is 8.12. The van der Waals surface area contributed by atoms with Gasteiger partial charge in [0, 0.05) is 11.6 Å². The highest BCUT2D eigenvalue weighted by atomic mass is 16.6. The Bertz CT molecular complexity index is 1580. The molecule has 0 aliphatic rings. The van der Waals surface area contributed by atoms with Gasteiger partial charge in [0.25, 0.3) is 11.6 Å². The minimum Gasteiger partial charge on any atom is -0.265 e. The van der Waals surface area contributed by atoms with Gasteiger partial charge in [0.1, 0.15) is 0 Å². The van der Waals surface area contributed by atoms with Crippen molar-refractivity contribution in [2.75, 3.05) is 0 Å². The minimum atomic E-state index is -0.535. The van der Waals surface area contributed by atoms with E-state index in [2.05, 4.69) is 27.8 Å². The number of nitrogens with one attached hydrogen (secondary N) is 1. The van der Waals surface area contributed by atoms with Gasteiger partial charge in [-0.3, -0.25) is 14.9 Å². The van der Waals surface area contributed by atoms with Gasteiger partial charge in [-0.25, -0.2) is 10.1 Å². The van der Waals surface area contributed by atoms with Crippen LogP contribution < -0.4 is 5.43 Å². The van der Waals surface area contributed by atoms with Crippen molar-refractivity contribution in [3.05, 3.63) is 137 Å². The third-order valence-corrected chi connectivity index (χ3v) is 5.73. The fourth-order valence-electron chi connectivity index (χ4n) is 3.91. The molecule has 0 fully saturated rings. The highest BCUT2D eigenvalue weighted by Gasteiger charge is 2.17. The van der Waals surface area contributed by atoms with Crippen LogP contribution >= 0.6 is 0 Å². The highest BCUT2D eigenvalue weighted by molar-refractivity contribution is 5.95. The fourth-order valence-corrected chi connectivity index (χ4v) is 3.91. The molecule has 180 valence electrons. The number of aromatic nitrogens is 2. The summed E-state index contributed by atoms with van der Waals surface area (Å²) < 4.78 is 1.71. The first-order valence-corrected chi connectivity index (χ1v) is 11.5. The van der Waals surface area contributed by atoms with Gasteiger partial charge in [-0.15, -0.1) is 0 Å². The SMILES string of the molecule is O=C(N/N=C\c1ccccc1[N+](=O)[O-])c1cc(-c2ccc(-c3ccccc3)cc2)n(-c2ccccc2)n1. The molecule has 37 heavy (non-hydrogen) atoms. The summed E-state index contributed by atoms with van der Waals surface area (Å²) in [7, 11) is 0. The second kappa shape index (κ2) is 10.5. The lowest BCUT2D eigenvalue weighted by Gasteiger charge is -2.08. The topological polar surface area (TPSA) is 102 Å². The summed E-state index contributed by atoms with van der Waals surface area (Å²) in [6.45, 7) is 0. The Balaban J connectivity index is 1.44. The molecule has 0 aliphatic carbocycles. The first kappa shape index (κ1) is 23.4. The zero-order chi connectivity index (χ0) is 25.6. The number of hydrazone groups is 1. The van der Waals surface area contributed by atoms with Crippen molar-refractivity contribution in [1.82, 2.24) is 15.2 Å². The molecule has 0 saturated heterocycles. The molecule has 8 nitrogen and oxygen atoms in total. The van der Waals surface area contributed by atoms with Gasteiger partial charge >= 0.3 is 0 Å². The van der Waals surface area contributed by atoms with Gasteiger partial charge in [-0.1, -0.05) is 84.9 Å². The zero-order valence-corrected chi connectivity index (χ0v) is 19.6. The van der Waals surface area contributed by atoms with Crippen molar-refractivity contribution in [1.29, 1.82) is 0 Å². The first-order chi connectivity index (χ1) is 18.1. The molecule has 0 atom stereocenters. The maximum absolute atomic E-state index is 12.9. The van der Waals surface area contributed by atoms with Crippen molar-refractivity contribution in [3.8, 4) is 28.1 Å². The quantitative estimate of drug-likeness (QED) is 0.176. The van der Waals surface area contributed by atoms with E-state index in [1.807, 2.05) is 72.8 Å². The minimum absolute atomic E-state index is 0.102. The number of carbonyl (C=O) groups is 1. The number of carbonyl (C=O) groups excluding carboxylic acids is 1. The fraction of sp³-hybridized carbons (Fsp3) is 0. The number of nitro groups is 1. The van der Waals surface area contributed by atoms with Crippen LogP contribution in [0.25, 0.3) is 28.1 Å². The van der Waals surface area contributed by atoms with E-state index in [1.54, 1.807) is 28.9 Å². The Labute approximate surface area is 212 Å². The summed E-state index contributed by atoms with van der Waals surface area (Å²) in [6, 6.07) is 35.5. The van der Waals surface area contributed by atoms with E-state index >= 15 is 0 Å². The summed E-state index contributed by atoms with van der Waals surface area (Å²) in [6.07, 6.45) is 1.24. The Morgan fingerprint density at radius 3 is 2.11 bits per heavy atom. The average Bonchev–Trinajstić information content (AvgIpc) is 3.40. The Kier molecular flexibility index (Phi) is 6.63. The molecule has 5 rings (SSSR count). The third-order valence-electron chi connectivity index (χ3n) is 5.73. The molecule has 0 saturated carbocycles. The van der Waals surface area contributed by atoms with Gasteiger partial charge in [0.2, 0.25) is 0 Å². The van der Waals surface area contributed by atoms with Gasteiger partial charge < -0.3 is 0 Å². The predicted molar refractivity (Wildman–Crippen MR) is 143 cm³/mol. The summed E-state index contributed by atoms with van der Waals surface area (Å²) in [5.41, 5.74) is 7.37. The highest BCUT2D eigenvalue weighted by Crippen LogP contribution is 2.27. The van der Waals surface area contributed by atoms with Crippen LogP contribution in [-0.2, 0) is 0 Å². The molecule has 1 heterocycles. The van der Waals surface area contributed by atoms with Crippen molar-refractivity contribution in [2.45, 2.75) is 0 Å². The zero-order valence-electron chi connectivity index (χ0n) is 19.6. The van der Waals surface area contributed by atoms with Gasteiger partial charge in [0.15, 0.2) is 5.69 Å². The number of nitrogens with zero attached hydrogens (tertiary/aromatic N) is 4. The lowest BCUT2D eigenvalue weighted by Crippen LogP contribution is -2.18. The van der Waals surface area contributed by atoms with Crippen LogP contribution in [0.15, 0.2) is 120 Å². The normalized spacial score (nSPS) is 10.9. The maximum atomic E-state index is 12.9. The molecule has 0 radical (unpaired) electrons. The van der Waals surface area contributed by atoms with Crippen molar-refractivity contribution in [3.63, 3.8) is 0 Å². The molecule has 0 spiro atoms. The van der Waals surface area contributed by atoms with Crippen LogP contribution in [0.5, 0.6) is 0 Å². The van der Waals surface area contributed by atoms with Gasteiger partial charge in [-0.2, -0.15) is 10.2 Å². The van der Waals surface area contributed by atoms with Gasteiger partial charge in [0.05, 0.1) is 28.1 Å². The molecule has 0 bridgehead atoms. The summed E-state index contributed by atoms with van der Waals surface area (Å²) in [5.74, 6) is -0.535. The molecule has 4 aromatic carbocycles. The van der Waals surface area contributed by atoms with Crippen molar-refractivity contribution >= 4 is 17.8 Å². The molecule has 0 unspecified atom stereocenters. The number of amides is 1. The van der Waals surface area contributed by atoms with Crippen molar-refractivity contribution < 1.29 is 9.72 Å². The third kappa shape index (κ3) is 5.18. The number of benzene rings is 4. The lowest BCUT2D eigenvalue weighted by atomic mass is 10.0. The Hall–Kier alpha value is -5.37. The number of hydrogen-bond donors (Lipinski definition) is 1. The van der Waals surface area contributed by atoms with E-state index in [1.165, 1.54) is 12.3 Å².